The molecular weight excluding hydrogens is 348 g/mol. The van der Waals surface area contributed by atoms with Crippen LogP contribution in [0.1, 0.15) is 63.1 Å². The quantitative estimate of drug-likeness (QED) is 0.454. The van der Waals surface area contributed by atoms with Gasteiger partial charge in [-0.2, -0.15) is 4.68 Å². The molecule has 1 aromatic rings. The van der Waals surface area contributed by atoms with Gasteiger partial charge in [-0.3, -0.25) is 9.59 Å². The third-order valence-electron chi connectivity index (χ3n) is 5.13. The third-order valence-corrected chi connectivity index (χ3v) is 5.13. The lowest BCUT2D eigenvalue weighted by Crippen LogP contribution is -2.50. The number of aromatic nitrogens is 2. The van der Waals surface area contributed by atoms with Crippen LogP contribution in [-0.2, 0) is 11.3 Å². The maximum atomic E-state index is 13.1. The molecule has 0 saturated heterocycles. The smallest absolute Gasteiger partial charge is 0.384 e. The summed E-state index contributed by atoms with van der Waals surface area (Å²) >= 11 is 0. The molecule has 0 radical (unpaired) electrons. The van der Waals surface area contributed by atoms with Crippen LogP contribution in [0, 0.1) is 5.92 Å². The van der Waals surface area contributed by atoms with Gasteiger partial charge in [-0.05, 0) is 45.8 Å². The van der Waals surface area contributed by atoms with Gasteiger partial charge in [0, 0.05) is 12.6 Å². The van der Waals surface area contributed by atoms with E-state index in [-0.39, 0.29) is 17.9 Å². The van der Waals surface area contributed by atoms with E-state index in [0.29, 0.717) is 6.54 Å². The molecule has 8 nitrogen and oxygen atoms in total. The van der Waals surface area contributed by atoms with Crippen molar-refractivity contribution in [3.05, 3.63) is 16.4 Å². The van der Waals surface area contributed by atoms with Crippen molar-refractivity contribution in [1.29, 1.82) is 0 Å². The topological polar surface area (TPSA) is 88.7 Å². The molecule has 27 heavy (non-hydrogen) atoms. The number of nitrogens with zero attached hydrogens (tertiary/aromatic N) is 4. The van der Waals surface area contributed by atoms with E-state index >= 15 is 0 Å². The molecule has 2 rings (SSSR count). The minimum atomic E-state index is -0.668. The molecule has 1 atom stereocenters. The van der Waals surface area contributed by atoms with Gasteiger partial charge >= 0.3 is 5.76 Å². The van der Waals surface area contributed by atoms with Crippen LogP contribution in [0.5, 0.6) is 0 Å². The van der Waals surface area contributed by atoms with E-state index in [1.807, 2.05) is 32.8 Å². The Morgan fingerprint density at radius 2 is 1.96 bits per heavy atom. The fourth-order valence-corrected chi connectivity index (χ4v) is 3.75. The second kappa shape index (κ2) is 9.82. The number of carbonyl (C=O) groups excluding carboxylic acids is 2. The molecule has 0 spiro atoms. The van der Waals surface area contributed by atoms with Gasteiger partial charge in [0.15, 0.2) is 0 Å². The van der Waals surface area contributed by atoms with Crippen LogP contribution in [0.3, 0.4) is 0 Å². The average Bonchev–Trinajstić information content (AvgIpc) is 3.00. The molecule has 1 saturated carbocycles. The fraction of sp³-hybridized carbons (Fsp3) is 0.789. The first kappa shape index (κ1) is 21.3. The molecule has 1 aliphatic rings. The van der Waals surface area contributed by atoms with Crippen molar-refractivity contribution < 1.29 is 14.0 Å². The third kappa shape index (κ3) is 5.51. The summed E-state index contributed by atoms with van der Waals surface area (Å²) in [5.41, 5.74) is 0. The van der Waals surface area contributed by atoms with E-state index < -0.39 is 17.6 Å². The predicted octanol–water partition coefficient (Wildman–Crippen LogP) is 1.79. The number of hydrogen-bond donors (Lipinski definition) is 0. The molecule has 1 amide bonds. The zero-order valence-electron chi connectivity index (χ0n) is 16.9. The summed E-state index contributed by atoms with van der Waals surface area (Å²) < 4.78 is 6.33. The van der Waals surface area contributed by atoms with Crippen LogP contribution in [0.15, 0.2) is 9.21 Å². The number of ketones is 1. The Labute approximate surface area is 160 Å². The van der Waals surface area contributed by atoms with Gasteiger partial charge in [-0.1, -0.05) is 33.1 Å². The molecule has 1 unspecified atom stereocenters. The van der Waals surface area contributed by atoms with Crippen LogP contribution >= 0.6 is 0 Å². The van der Waals surface area contributed by atoms with Crippen molar-refractivity contribution in [2.24, 2.45) is 5.92 Å². The Kier molecular flexibility index (Phi) is 7.77. The average molecular weight is 380 g/mol. The lowest BCUT2D eigenvalue weighted by molar-refractivity contribution is -0.123. The van der Waals surface area contributed by atoms with E-state index in [2.05, 4.69) is 5.10 Å². The van der Waals surface area contributed by atoms with Gasteiger partial charge in [-0.15, -0.1) is 5.10 Å². The maximum absolute atomic E-state index is 13.1. The summed E-state index contributed by atoms with van der Waals surface area (Å²) in [7, 11) is 3.90. The van der Waals surface area contributed by atoms with E-state index in [1.165, 1.54) is 4.68 Å². The highest BCUT2D eigenvalue weighted by atomic mass is 16.4. The fourth-order valence-electron chi connectivity index (χ4n) is 3.75. The molecule has 1 fully saturated rings. The molecule has 1 aliphatic carbocycles. The van der Waals surface area contributed by atoms with Crippen molar-refractivity contribution >= 4 is 12.2 Å². The molecule has 152 valence electrons. The summed E-state index contributed by atoms with van der Waals surface area (Å²) in [6, 6.07) is -0.611. The summed E-state index contributed by atoms with van der Waals surface area (Å²) in [5, 5.41) is 4.10. The molecule has 1 aromatic heterocycles. The van der Waals surface area contributed by atoms with E-state index in [0.717, 1.165) is 51.5 Å². The standard InChI is InChI=1S/C19H32N4O4/c1-14(2)16(22(13-24)15-9-6-5-7-10-15)17(25)18-20-23(19(26)27-18)12-8-11-21(3)4/h13-16H,5-12H2,1-4H3. The van der Waals surface area contributed by atoms with Crippen LogP contribution in [0.4, 0.5) is 0 Å². The van der Waals surface area contributed by atoms with Crippen molar-refractivity contribution in [2.75, 3.05) is 20.6 Å². The lowest BCUT2D eigenvalue weighted by atomic mass is 9.90. The molecule has 0 N–H and O–H groups in total. The van der Waals surface area contributed by atoms with Crippen LogP contribution in [-0.4, -0.2) is 64.5 Å². The summed E-state index contributed by atoms with van der Waals surface area (Å²) in [5.74, 6) is -1.33. The highest BCUT2D eigenvalue weighted by Gasteiger charge is 2.36. The normalized spacial score (nSPS) is 16.7. The lowest BCUT2D eigenvalue weighted by Gasteiger charge is -2.37. The number of rotatable bonds is 10. The zero-order chi connectivity index (χ0) is 20.0. The zero-order valence-corrected chi connectivity index (χ0v) is 16.9. The largest absolute Gasteiger partial charge is 0.437 e. The predicted molar refractivity (Wildman–Crippen MR) is 102 cm³/mol. The minimum absolute atomic E-state index is 0.0569. The Balaban J connectivity index is 2.18. The Morgan fingerprint density at radius 3 is 2.52 bits per heavy atom. The van der Waals surface area contributed by atoms with Gasteiger partial charge in [0.2, 0.25) is 12.2 Å². The van der Waals surface area contributed by atoms with E-state index in [1.54, 1.807) is 4.90 Å². The number of amides is 1. The number of Topliss-reactive ketones (excluding diaryl/α,β-unsaturated/α-hetero) is 1. The van der Waals surface area contributed by atoms with Crippen LogP contribution in [0.25, 0.3) is 0 Å². The van der Waals surface area contributed by atoms with Crippen molar-refractivity contribution in [2.45, 2.75) is 71.0 Å². The van der Waals surface area contributed by atoms with Crippen LogP contribution < -0.4 is 5.76 Å². The minimum Gasteiger partial charge on any atom is -0.384 e. The first-order valence-corrected chi connectivity index (χ1v) is 9.84. The number of hydrogen-bond acceptors (Lipinski definition) is 6. The van der Waals surface area contributed by atoms with Crippen molar-refractivity contribution in [1.82, 2.24) is 19.6 Å². The van der Waals surface area contributed by atoms with Gasteiger partial charge in [0.1, 0.15) is 6.04 Å². The van der Waals surface area contributed by atoms with E-state index in [4.69, 9.17) is 4.42 Å². The molecule has 0 aromatic carbocycles. The summed E-state index contributed by atoms with van der Waals surface area (Å²) in [6.45, 7) is 4.99. The highest BCUT2D eigenvalue weighted by Crippen LogP contribution is 2.26. The molecule has 0 aliphatic heterocycles. The Bertz CT molecular complexity index is 673. The monoisotopic (exact) mass is 380 g/mol. The van der Waals surface area contributed by atoms with Gasteiger partial charge in [-0.25, -0.2) is 4.79 Å². The molecular formula is C19H32N4O4. The first-order chi connectivity index (χ1) is 12.8. The van der Waals surface area contributed by atoms with Crippen molar-refractivity contribution in [3.8, 4) is 0 Å². The molecule has 1 heterocycles. The molecule has 0 bridgehead atoms. The molecule has 8 heteroatoms. The first-order valence-electron chi connectivity index (χ1n) is 9.84. The van der Waals surface area contributed by atoms with Gasteiger partial charge in [0.05, 0.1) is 0 Å². The Hall–Kier alpha value is -1.96. The maximum Gasteiger partial charge on any atom is 0.437 e. The second-order valence-electron chi connectivity index (χ2n) is 7.95. The van der Waals surface area contributed by atoms with Gasteiger partial charge in [0.25, 0.3) is 5.89 Å². The SMILES string of the molecule is CC(C)C(C(=O)c1nn(CCCN(C)C)c(=O)o1)N(C=O)C1CCCCC1. The summed E-state index contributed by atoms with van der Waals surface area (Å²) in [6.07, 6.45) is 6.58. The van der Waals surface area contributed by atoms with Crippen molar-refractivity contribution in [3.63, 3.8) is 0 Å². The van der Waals surface area contributed by atoms with Gasteiger partial charge < -0.3 is 14.2 Å². The van der Waals surface area contributed by atoms with E-state index in [9.17, 15) is 14.4 Å². The Morgan fingerprint density at radius 1 is 1.30 bits per heavy atom. The van der Waals surface area contributed by atoms with Crippen LogP contribution in [0.2, 0.25) is 0 Å². The second-order valence-corrected chi connectivity index (χ2v) is 7.95. The number of carbonyl (C=O) groups is 2. The summed E-state index contributed by atoms with van der Waals surface area (Å²) in [4.78, 5) is 40.5. The number of aryl methyl sites for hydroxylation is 1. The highest BCUT2D eigenvalue weighted by molar-refractivity contribution is 5.97.